The number of rotatable bonds is 2. The molecule has 21 heavy (non-hydrogen) atoms. The van der Waals surface area contributed by atoms with Crippen LogP contribution in [0.2, 0.25) is 0 Å². The maximum atomic E-state index is 13.5. The first kappa shape index (κ1) is 15.0. The number of carboxylic acids is 1. The average molecular weight is 298 g/mol. The quantitative estimate of drug-likeness (QED) is 0.828. The molecule has 2 aromatic rings. The molecule has 0 atom stereocenters. The number of carbonyl (C=O) groups is 1. The van der Waals surface area contributed by atoms with Gasteiger partial charge in [0.15, 0.2) is 0 Å². The third kappa shape index (κ3) is 3.21. The summed E-state index contributed by atoms with van der Waals surface area (Å²) in [4.78, 5) is 10.9. The molecule has 1 N–H and O–H groups in total. The van der Waals surface area contributed by atoms with E-state index in [1.54, 1.807) is 0 Å². The van der Waals surface area contributed by atoms with Crippen molar-refractivity contribution in [1.82, 2.24) is 0 Å². The molecule has 0 saturated carbocycles. The van der Waals surface area contributed by atoms with E-state index in [1.807, 2.05) is 0 Å². The van der Waals surface area contributed by atoms with Gasteiger partial charge in [0.2, 0.25) is 0 Å². The Bertz CT molecular complexity index is 705. The highest BCUT2D eigenvalue weighted by Crippen LogP contribution is 2.33. The summed E-state index contributed by atoms with van der Waals surface area (Å²) in [5, 5.41) is 8.90. The minimum Gasteiger partial charge on any atom is -0.478 e. The highest BCUT2D eigenvalue weighted by molar-refractivity contribution is 5.90. The zero-order valence-electron chi connectivity index (χ0n) is 10.8. The van der Waals surface area contributed by atoms with Crippen molar-refractivity contribution < 1.29 is 27.5 Å². The van der Waals surface area contributed by atoms with Crippen LogP contribution in [-0.4, -0.2) is 11.1 Å². The van der Waals surface area contributed by atoms with Gasteiger partial charge < -0.3 is 5.11 Å². The molecular weight excluding hydrogens is 288 g/mol. The lowest BCUT2D eigenvalue weighted by atomic mass is 9.98. The van der Waals surface area contributed by atoms with Crippen molar-refractivity contribution in [3.63, 3.8) is 0 Å². The molecule has 0 heterocycles. The Balaban J connectivity index is 2.64. The van der Waals surface area contributed by atoms with Crippen LogP contribution in [0.3, 0.4) is 0 Å². The van der Waals surface area contributed by atoms with E-state index in [2.05, 4.69) is 0 Å². The van der Waals surface area contributed by atoms with Gasteiger partial charge in [0.25, 0.3) is 0 Å². The van der Waals surface area contributed by atoms with Crippen molar-refractivity contribution in [2.75, 3.05) is 0 Å². The summed E-state index contributed by atoms with van der Waals surface area (Å²) < 4.78 is 51.9. The number of carboxylic acid groups (broad SMARTS) is 1. The molecule has 2 nitrogen and oxygen atoms in total. The van der Waals surface area contributed by atoms with Gasteiger partial charge in [-0.3, -0.25) is 0 Å². The fraction of sp³-hybridized carbons (Fsp3) is 0.133. The van der Waals surface area contributed by atoms with E-state index in [0.29, 0.717) is 11.6 Å². The van der Waals surface area contributed by atoms with Crippen LogP contribution in [0.5, 0.6) is 0 Å². The van der Waals surface area contributed by atoms with Crippen molar-refractivity contribution >= 4 is 5.97 Å². The summed E-state index contributed by atoms with van der Waals surface area (Å²) in [7, 11) is 0. The van der Waals surface area contributed by atoms with E-state index in [9.17, 15) is 22.4 Å². The fourth-order valence-electron chi connectivity index (χ4n) is 1.85. The monoisotopic (exact) mass is 298 g/mol. The lowest BCUT2D eigenvalue weighted by molar-refractivity contribution is -0.137. The molecule has 110 valence electrons. The van der Waals surface area contributed by atoms with Crippen molar-refractivity contribution in [2.24, 2.45) is 0 Å². The first-order chi connectivity index (χ1) is 9.68. The standard InChI is InChI=1S/C15H10F4O2/c1-8-2-3-9(7-13(8)16)10-4-11(14(20)21)6-12(5-10)15(17,18)19/h2-7H,1H3,(H,20,21). The Kier molecular flexibility index (Phi) is 3.72. The molecule has 6 heteroatoms. The number of alkyl halides is 3. The van der Waals surface area contributed by atoms with E-state index < -0.39 is 29.1 Å². The summed E-state index contributed by atoms with van der Waals surface area (Å²) in [5.41, 5.74) is -1.05. The molecule has 0 aliphatic heterocycles. The number of halogens is 4. The second-order valence-corrected chi connectivity index (χ2v) is 4.57. The normalized spacial score (nSPS) is 11.5. The van der Waals surface area contributed by atoms with Gasteiger partial charge in [-0.1, -0.05) is 12.1 Å². The van der Waals surface area contributed by atoms with Gasteiger partial charge in [0.1, 0.15) is 5.82 Å². The molecule has 0 bridgehead atoms. The number of aromatic carboxylic acids is 1. The van der Waals surface area contributed by atoms with E-state index in [-0.39, 0.29) is 11.1 Å². The molecule has 0 saturated heterocycles. The van der Waals surface area contributed by atoms with Gasteiger partial charge >= 0.3 is 12.1 Å². The Morgan fingerprint density at radius 2 is 1.71 bits per heavy atom. The van der Waals surface area contributed by atoms with Gasteiger partial charge in [-0.05, 0) is 47.9 Å². The molecule has 0 aliphatic carbocycles. The minimum absolute atomic E-state index is 0.00104. The molecule has 2 aromatic carbocycles. The van der Waals surface area contributed by atoms with Crippen LogP contribution in [0.25, 0.3) is 11.1 Å². The van der Waals surface area contributed by atoms with Gasteiger partial charge in [-0.25, -0.2) is 9.18 Å². The first-order valence-electron chi connectivity index (χ1n) is 5.90. The smallest absolute Gasteiger partial charge is 0.416 e. The highest BCUT2D eigenvalue weighted by atomic mass is 19.4. The first-order valence-corrected chi connectivity index (χ1v) is 5.90. The lowest BCUT2D eigenvalue weighted by Crippen LogP contribution is -2.08. The van der Waals surface area contributed by atoms with E-state index in [4.69, 9.17) is 5.11 Å². The predicted octanol–water partition coefficient (Wildman–Crippen LogP) is 4.52. The third-order valence-corrected chi connectivity index (χ3v) is 3.01. The summed E-state index contributed by atoms with van der Waals surface area (Å²) in [6, 6.07) is 6.38. The van der Waals surface area contributed by atoms with Gasteiger partial charge in [-0.2, -0.15) is 13.2 Å². The maximum absolute atomic E-state index is 13.5. The molecule has 0 spiro atoms. The van der Waals surface area contributed by atoms with Crippen LogP contribution in [0.4, 0.5) is 17.6 Å². The van der Waals surface area contributed by atoms with Crippen molar-refractivity contribution in [3.05, 3.63) is 58.9 Å². The molecule has 0 unspecified atom stereocenters. The Hall–Kier alpha value is -2.37. The topological polar surface area (TPSA) is 37.3 Å². The van der Waals surface area contributed by atoms with Crippen LogP contribution in [0, 0.1) is 12.7 Å². The van der Waals surface area contributed by atoms with E-state index in [1.165, 1.54) is 19.1 Å². The number of hydrogen-bond donors (Lipinski definition) is 1. The summed E-state index contributed by atoms with van der Waals surface area (Å²) in [6.45, 7) is 1.52. The van der Waals surface area contributed by atoms with Crippen molar-refractivity contribution in [2.45, 2.75) is 13.1 Å². The van der Waals surface area contributed by atoms with Crippen LogP contribution in [-0.2, 0) is 6.18 Å². The van der Waals surface area contributed by atoms with Gasteiger partial charge in [-0.15, -0.1) is 0 Å². The van der Waals surface area contributed by atoms with Crippen LogP contribution >= 0.6 is 0 Å². The molecule has 0 amide bonds. The van der Waals surface area contributed by atoms with E-state index in [0.717, 1.165) is 18.2 Å². The molecule has 2 rings (SSSR count). The fourth-order valence-corrected chi connectivity index (χ4v) is 1.85. The van der Waals surface area contributed by atoms with Gasteiger partial charge in [0, 0.05) is 0 Å². The van der Waals surface area contributed by atoms with Crippen LogP contribution in [0.1, 0.15) is 21.5 Å². The zero-order chi connectivity index (χ0) is 15.8. The Morgan fingerprint density at radius 3 is 2.24 bits per heavy atom. The van der Waals surface area contributed by atoms with Crippen LogP contribution in [0.15, 0.2) is 36.4 Å². The molecule has 0 aliphatic rings. The Labute approximate surface area is 117 Å². The summed E-state index contributed by atoms with van der Waals surface area (Å²) in [5.74, 6) is -2.04. The maximum Gasteiger partial charge on any atom is 0.416 e. The Morgan fingerprint density at radius 1 is 1.05 bits per heavy atom. The molecule has 0 aromatic heterocycles. The second kappa shape index (κ2) is 5.20. The molecule has 0 fully saturated rings. The second-order valence-electron chi connectivity index (χ2n) is 4.57. The summed E-state index contributed by atoms with van der Waals surface area (Å²) >= 11 is 0. The lowest BCUT2D eigenvalue weighted by Gasteiger charge is -2.11. The highest BCUT2D eigenvalue weighted by Gasteiger charge is 2.32. The number of aryl methyl sites for hydroxylation is 1. The van der Waals surface area contributed by atoms with Crippen molar-refractivity contribution in [1.29, 1.82) is 0 Å². The largest absolute Gasteiger partial charge is 0.478 e. The average Bonchev–Trinajstić information content (AvgIpc) is 2.40. The van der Waals surface area contributed by atoms with Crippen molar-refractivity contribution in [3.8, 4) is 11.1 Å². The van der Waals surface area contributed by atoms with Gasteiger partial charge in [0.05, 0.1) is 11.1 Å². The molecule has 0 radical (unpaired) electrons. The predicted molar refractivity (Wildman–Crippen MR) is 68.5 cm³/mol. The van der Waals surface area contributed by atoms with E-state index >= 15 is 0 Å². The SMILES string of the molecule is Cc1ccc(-c2cc(C(=O)O)cc(C(F)(F)F)c2)cc1F. The number of benzene rings is 2. The minimum atomic E-state index is -4.68. The van der Waals surface area contributed by atoms with Crippen LogP contribution < -0.4 is 0 Å². The number of hydrogen-bond acceptors (Lipinski definition) is 1. The summed E-state index contributed by atoms with van der Waals surface area (Å²) in [6.07, 6.45) is -4.68. The molecular formula is C15H10F4O2. The zero-order valence-corrected chi connectivity index (χ0v) is 10.8. The third-order valence-electron chi connectivity index (χ3n) is 3.01.